The van der Waals surface area contributed by atoms with Crippen LogP contribution >= 0.6 is 0 Å². The molecule has 0 bridgehead atoms. The number of nitrogens with zero attached hydrogens (tertiary/aromatic N) is 2. The first-order valence-electron chi connectivity index (χ1n) is 9.32. The van der Waals surface area contributed by atoms with Crippen LogP contribution in [0.15, 0.2) is 54.6 Å². The fourth-order valence-electron chi connectivity index (χ4n) is 3.27. The summed E-state index contributed by atoms with van der Waals surface area (Å²) >= 11 is 0. The second-order valence-electron chi connectivity index (χ2n) is 7.42. The molecular weight excluding hydrogens is 324 g/mol. The number of piperazine rings is 1. The number of rotatable bonds is 5. The van der Waals surface area contributed by atoms with Crippen molar-refractivity contribution in [3.63, 3.8) is 0 Å². The summed E-state index contributed by atoms with van der Waals surface area (Å²) in [6.07, 6.45) is 0. The standard InChI is InChI=1S/C22H28N2O2/c1-17(2)16-26-20-11-7-10-19(14-20)22(25)24-13-12-23(3)15-21(24)18-8-5-4-6-9-18/h4-11,14,17,21H,12-13,15-16H2,1-3H3. The third-order valence-corrected chi connectivity index (χ3v) is 4.69. The van der Waals surface area contributed by atoms with Crippen molar-refractivity contribution in [2.75, 3.05) is 33.3 Å². The Morgan fingerprint density at radius 1 is 1.12 bits per heavy atom. The van der Waals surface area contributed by atoms with Gasteiger partial charge in [0.2, 0.25) is 0 Å². The average Bonchev–Trinajstić information content (AvgIpc) is 2.66. The van der Waals surface area contributed by atoms with E-state index in [2.05, 4.69) is 37.9 Å². The van der Waals surface area contributed by atoms with Crippen LogP contribution in [0.4, 0.5) is 0 Å². The van der Waals surface area contributed by atoms with Crippen LogP contribution in [0.1, 0.15) is 35.8 Å². The molecule has 138 valence electrons. The fraction of sp³-hybridized carbons (Fsp3) is 0.409. The van der Waals surface area contributed by atoms with E-state index < -0.39 is 0 Å². The molecular formula is C22H28N2O2. The highest BCUT2D eigenvalue weighted by Gasteiger charge is 2.30. The van der Waals surface area contributed by atoms with Gasteiger partial charge < -0.3 is 14.5 Å². The van der Waals surface area contributed by atoms with Gasteiger partial charge in [0.25, 0.3) is 5.91 Å². The molecule has 1 saturated heterocycles. The largest absolute Gasteiger partial charge is 0.493 e. The molecule has 1 atom stereocenters. The zero-order valence-electron chi connectivity index (χ0n) is 15.9. The molecule has 0 spiro atoms. The van der Waals surface area contributed by atoms with Gasteiger partial charge in [0.15, 0.2) is 0 Å². The topological polar surface area (TPSA) is 32.8 Å². The van der Waals surface area contributed by atoms with Gasteiger partial charge in [0.1, 0.15) is 5.75 Å². The predicted octanol–water partition coefficient (Wildman–Crippen LogP) is 3.85. The summed E-state index contributed by atoms with van der Waals surface area (Å²) < 4.78 is 5.80. The smallest absolute Gasteiger partial charge is 0.254 e. The normalized spacial score (nSPS) is 18.2. The van der Waals surface area contributed by atoms with Crippen molar-refractivity contribution in [3.05, 3.63) is 65.7 Å². The van der Waals surface area contributed by atoms with E-state index in [1.54, 1.807) is 0 Å². The molecule has 0 N–H and O–H groups in total. The van der Waals surface area contributed by atoms with Crippen molar-refractivity contribution in [1.29, 1.82) is 0 Å². The Hall–Kier alpha value is -2.33. The number of hydrogen-bond donors (Lipinski definition) is 0. The van der Waals surface area contributed by atoms with Crippen molar-refractivity contribution in [2.45, 2.75) is 19.9 Å². The summed E-state index contributed by atoms with van der Waals surface area (Å²) in [5, 5.41) is 0. The van der Waals surface area contributed by atoms with Gasteiger partial charge in [-0.2, -0.15) is 0 Å². The van der Waals surface area contributed by atoms with Gasteiger partial charge in [0, 0.05) is 25.2 Å². The van der Waals surface area contributed by atoms with E-state index in [1.165, 1.54) is 5.56 Å². The summed E-state index contributed by atoms with van der Waals surface area (Å²) in [5.41, 5.74) is 1.87. The molecule has 1 heterocycles. The fourth-order valence-corrected chi connectivity index (χ4v) is 3.27. The first-order valence-corrected chi connectivity index (χ1v) is 9.32. The molecule has 3 rings (SSSR count). The lowest BCUT2D eigenvalue weighted by atomic mass is 10.0. The Kier molecular flexibility index (Phi) is 5.94. The summed E-state index contributed by atoms with van der Waals surface area (Å²) in [7, 11) is 2.11. The third-order valence-electron chi connectivity index (χ3n) is 4.69. The molecule has 1 aliphatic heterocycles. The van der Waals surface area contributed by atoms with E-state index in [4.69, 9.17) is 4.74 Å². The molecule has 1 fully saturated rings. The summed E-state index contributed by atoms with van der Waals surface area (Å²) in [4.78, 5) is 17.5. The third kappa shape index (κ3) is 4.44. The molecule has 2 aromatic carbocycles. The second kappa shape index (κ2) is 8.37. The minimum absolute atomic E-state index is 0.0713. The van der Waals surface area contributed by atoms with Gasteiger partial charge in [0.05, 0.1) is 12.6 Å². The molecule has 0 aliphatic carbocycles. The Balaban J connectivity index is 1.82. The second-order valence-corrected chi connectivity index (χ2v) is 7.42. The van der Waals surface area contributed by atoms with Gasteiger partial charge in [-0.15, -0.1) is 0 Å². The van der Waals surface area contributed by atoms with Crippen LogP contribution < -0.4 is 4.74 Å². The van der Waals surface area contributed by atoms with Gasteiger partial charge in [-0.3, -0.25) is 4.79 Å². The number of carbonyl (C=O) groups is 1. The van der Waals surface area contributed by atoms with Crippen LogP contribution in [-0.2, 0) is 0 Å². The molecule has 4 heteroatoms. The van der Waals surface area contributed by atoms with E-state index in [0.29, 0.717) is 18.1 Å². The number of carbonyl (C=O) groups excluding carboxylic acids is 1. The zero-order valence-corrected chi connectivity index (χ0v) is 15.9. The maximum atomic E-state index is 13.2. The van der Waals surface area contributed by atoms with Gasteiger partial charge >= 0.3 is 0 Å². The van der Waals surface area contributed by atoms with Gasteiger partial charge in [-0.25, -0.2) is 0 Å². The highest BCUT2D eigenvalue weighted by molar-refractivity contribution is 5.95. The van der Waals surface area contributed by atoms with E-state index in [9.17, 15) is 4.79 Å². The van der Waals surface area contributed by atoms with Crippen LogP contribution in [0.3, 0.4) is 0 Å². The molecule has 26 heavy (non-hydrogen) atoms. The lowest BCUT2D eigenvalue weighted by Crippen LogP contribution is -2.49. The number of ether oxygens (including phenoxy) is 1. The highest BCUT2D eigenvalue weighted by Crippen LogP contribution is 2.27. The van der Waals surface area contributed by atoms with Crippen molar-refractivity contribution in [1.82, 2.24) is 9.80 Å². The van der Waals surface area contributed by atoms with Crippen molar-refractivity contribution >= 4 is 5.91 Å². The lowest BCUT2D eigenvalue weighted by molar-refractivity contribution is 0.0497. The summed E-state index contributed by atoms with van der Waals surface area (Å²) in [6, 6.07) is 17.9. The molecule has 1 unspecified atom stereocenters. The van der Waals surface area contributed by atoms with Crippen LogP contribution in [0.25, 0.3) is 0 Å². The zero-order chi connectivity index (χ0) is 18.5. The summed E-state index contributed by atoms with van der Waals surface area (Å²) in [6.45, 7) is 7.34. The maximum absolute atomic E-state index is 13.2. The average molecular weight is 352 g/mol. The quantitative estimate of drug-likeness (QED) is 0.819. The Bertz CT molecular complexity index is 730. The minimum atomic E-state index is 0.0713. The number of benzene rings is 2. The molecule has 2 aromatic rings. The molecule has 1 amide bonds. The molecule has 1 aliphatic rings. The highest BCUT2D eigenvalue weighted by atomic mass is 16.5. The van der Waals surface area contributed by atoms with Crippen LogP contribution in [0.5, 0.6) is 5.75 Å². The van der Waals surface area contributed by atoms with E-state index in [-0.39, 0.29) is 11.9 Å². The van der Waals surface area contributed by atoms with E-state index >= 15 is 0 Å². The Labute approximate surface area is 156 Å². The number of likely N-dealkylation sites (N-methyl/N-ethyl adjacent to an activating group) is 1. The summed E-state index contributed by atoms with van der Waals surface area (Å²) in [5.74, 6) is 1.28. The van der Waals surface area contributed by atoms with Gasteiger partial charge in [-0.1, -0.05) is 50.2 Å². The molecule has 0 saturated carbocycles. The van der Waals surface area contributed by atoms with Gasteiger partial charge in [-0.05, 0) is 36.7 Å². The Morgan fingerprint density at radius 3 is 2.62 bits per heavy atom. The van der Waals surface area contributed by atoms with E-state index in [1.807, 2.05) is 47.4 Å². The molecule has 0 aromatic heterocycles. The lowest BCUT2D eigenvalue weighted by Gasteiger charge is -2.40. The first-order chi connectivity index (χ1) is 12.5. The minimum Gasteiger partial charge on any atom is -0.493 e. The number of hydrogen-bond acceptors (Lipinski definition) is 3. The number of amides is 1. The van der Waals surface area contributed by atoms with Crippen LogP contribution in [-0.4, -0.2) is 49.0 Å². The Morgan fingerprint density at radius 2 is 1.88 bits per heavy atom. The molecule has 4 nitrogen and oxygen atoms in total. The van der Waals surface area contributed by atoms with Crippen LogP contribution in [0.2, 0.25) is 0 Å². The van der Waals surface area contributed by atoms with Crippen molar-refractivity contribution < 1.29 is 9.53 Å². The maximum Gasteiger partial charge on any atom is 0.254 e. The first kappa shape index (κ1) is 18.5. The molecule has 0 radical (unpaired) electrons. The SMILES string of the molecule is CC(C)COc1cccc(C(=O)N2CCN(C)CC2c2ccccc2)c1. The van der Waals surface area contributed by atoms with Crippen molar-refractivity contribution in [2.24, 2.45) is 5.92 Å². The van der Waals surface area contributed by atoms with E-state index in [0.717, 1.165) is 25.4 Å². The predicted molar refractivity (Wildman–Crippen MR) is 104 cm³/mol. The van der Waals surface area contributed by atoms with Crippen LogP contribution in [0, 0.1) is 5.92 Å². The van der Waals surface area contributed by atoms with Crippen molar-refractivity contribution in [3.8, 4) is 5.75 Å². The monoisotopic (exact) mass is 352 g/mol.